The number of likely N-dealkylation sites (N-methyl/N-ethyl adjacent to an activating group) is 1. The van der Waals surface area contributed by atoms with Crippen LogP contribution in [0.1, 0.15) is 39.0 Å². The van der Waals surface area contributed by atoms with Gasteiger partial charge in [0.05, 0.1) is 0 Å². The van der Waals surface area contributed by atoms with Crippen molar-refractivity contribution in [3.63, 3.8) is 0 Å². The lowest BCUT2D eigenvalue weighted by atomic mass is 9.89. The lowest BCUT2D eigenvalue weighted by Crippen LogP contribution is -2.63. The van der Waals surface area contributed by atoms with E-state index in [-0.39, 0.29) is 5.91 Å². The molecule has 2 atom stereocenters. The van der Waals surface area contributed by atoms with Gasteiger partial charge in [-0.15, -0.1) is 0 Å². The predicted molar refractivity (Wildman–Crippen MR) is 68.6 cm³/mol. The first kappa shape index (κ1) is 12.8. The highest BCUT2D eigenvalue weighted by atomic mass is 16.1. The van der Waals surface area contributed by atoms with E-state index in [0.717, 1.165) is 25.9 Å². The first-order valence-electron chi connectivity index (χ1n) is 6.83. The molecular weight excluding hydrogens is 214 g/mol. The van der Waals surface area contributed by atoms with Crippen LogP contribution in [-0.2, 0) is 4.79 Å². The summed E-state index contributed by atoms with van der Waals surface area (Å²) in [6, 6.07) is 0.578. The normalized spacial score (nSPS) is 29.9. The summed E-state index contributed by atoms with van der Waals surface area (Å²) in [7, 11) is 1.87. The lowest BCUT2D eigenvalue weighted by Gasteiger charge is -2.41. The topological polar surface area (TPSA) is 58.4 Å². The van der Waals surface area contributed by atoms with E-state index in [1.54, 1.807) is 0 Å². The third-order valence-corrected chi connectivity index (χ3v) is 4.55. The van der Waals surface area contributed by atoms with Crippen LogP contribution in [0.2, 0.25) is 0 Å². The Labute approximate surface area is 104 Å². The van der Waals surface area contributed by atoms with Gasteiger partial charge in [0.15, 0.2) is 0 Å². The van der Waals surface area contributed by atoms with Crippen molar-refractivity contribution in [2.24, 2.45) is 11.7 Å². The van der Waals surface area contributed by atoms with Gasteiger partial charge in [-0.05, 0) is 52.1 Å². The molecule has 1 aliphatic carbocycles. The molecule has 4 nitrogen and oxygen atoms in total. The van der Waals surface area contributed by atoms with E-state index >= 15 is 0 Å². The molecule has 0 radical (unpaired) electrons. The largest absolute Gasteiger partial charge is 0.368 e. The Morgan fingerprint density at radius 2 is 2.12 bits per heavy atom. The van der Waals surface area contributed by atoms with Gasteiger partial charge < -0.3 is 11.1 Å². The van der Waals surface area contributed by atoms with Crippen LogP contribution in [0.5, 0.6) is 0 Å². The minimum Gasteiger partial charge on any atom is -0.368 e. The van der Waals surface area contributed by atoms with Crippen LogP contribution in [0.15, 0.2) is 0 Å². The third kappa shape index (κ3) is 2.47. The SMILES string of the molecule is CNC(CN1CCCCC1C)(C(N)=O)C1CC1. The van der Waals surface area contributed by atoms with Crippen molar-refractivity contribution in [3.05, 3.63) is 0 Å². The number of amides is 1. The van der Waals surface area contributed by atoms with Crippen LogP contribution in [0, 0.1) is 5.92 Å². The number of nitrogens with two attached hydrogens (primary N) is 1. The number of hydrogen-bond donors (Lipinski definition) is 2. The first-order chi connectivity index (χ1) is 8.10. The van der Waals surface area contributed by atoms with Gasteiger partial charge in [-0.3, -0.25) is 9.69 Å². The monoisotopic (exact) mass is 239 g/mol. The molecule has 1 saturated carbocycles. The molecule has 0 aromatic carbocycles. The summed E-state index contributed by atoms with van der Waals surface area (Å²) in [5, 5.41) is 3.23. The number of nitrogens with one attached hydrogen (secondary N) is 1. The zero-order chi connectivity index (χ0) is 12.5. The summed E-state index contributed by atoms with van der Waals surface area (Å²) < 4.78 is 0. The third-order valence-electron chi connectivity index (χ3n) is 4.55. The molecule has 4 heteroatoms. The zero-order valence-corrected chi connectivity index (χ0v) is 11.0. The van der Waals surface area contributed by atoms with Gasteiger partial charge in [-0.2, -0.15) is 0 Å². The number of piperidine rings is 1. The maximum Gasteiger partial charge on any atom is 0.239 e. The van der Waals surface area contributed by atoms with Crippen LogP contribution in [0.4, 0.5) is 0 Å². The predicted octanol–water partition coefficient (Wildman–Crippen LogP) is 0.714. The molecule has 0 aromatic heterocycles. The Balaban J connectivity index is 2.08. The van der Waals surface area contributed by atoms with E-state index in [2.05, 4.69) is 17.1 Å². The zero-order valence-electron chi connectivity index (χ0n) is 11.0. The van der Waals surface area contributed by atoms with E-state index in [0.29, 0.717) is 12.0 Å². The molecule has 2 rings (SSSR count). The molecule has 0 aromatic rings. The summed E-state index contributed by atoms with van der Waals surface area (Å²) >= 11 is 0. The van der Waals surface area contributed by atoms with Gasteiger partial charge in [0.1, 0.15) is 5.54 Å². The van der Waals surface area contributed by atoms with Crippen LogP contribution < -0.4 is 11.1 Å². The maximum atomic E-state index is 11.8. The van der Waals surface area contributed by atoms with Crippen LogP contribution in [-0.4, -0.2) is 42.5 Å². The number of nitrogens with zero attached hydrogens (tertiary/aromatic N) is 1. The maximum absolute atomic E-state index is 11.8. The summed E-state index contributed by atoms with van der Waals surface area (Å²) in [6.07, 6.45) is 6.05. The van der Waals surface area contributed by atoms with Crippen molar-refractivity contribution >= 4 is 5.91 Å². The highest BCUT2D eigenvalue weighted by Gasteiger charge is 2.50. The second kappa shape index (κ2) is 4.94. The number of rotatable bonds is 5. The fourth-order valence-corrected chi connectivity index (χ4v) is 3.10. The number of likely N-dealkylation sites (tertiary alicyclic amines) is 1. The fourth-order valence-electron chi connectivity index (χ4n) is 3.10. The molecule has 98 valence electrons. The van der Waals surface area contributed by atoms with Crippen molar-refractivity contribution in [3.8, 4) is 0 Å². The highest BCUT2D eigenvalue weighted by Crippen LogP contribution is 2.40. The molecule has 0 spiro atoms. The van der Waals surface area contributed by atoms with Gasteiger partial charge in [0.2, 0.25) is 5.91 Å². The Kier molecular flexibility index (Phi) is 3.73. The minimum absolute atomic E-state index is 0.180. The molecule has 2 aliphatic rings. The van der Waals surface area contributed by atoms with E-state index < -0.39 is 5.54 Å². The standard InChI is InChI=1S/C13H25N3O/c1-10-5-3-4-8-16(10)9-13(15-2,12(14)17)11-6-7-11/h10-11,15H,3-9H2,1-2H3,(H2,14,17). The van der Waals surface area contributed by atoms with Gasteiger partial charge in [0.25, 0.3) is 0 Å². The van der Waals surface area contributed by atoms with Crippen molar-refractivity contribution in [1.82, 2.24) is 10.2 Å². The van der Waals surface area contributed by atoms with Crippen molar-refractivity contribution in [2.45, 2.75) is 50.6 Å². The first-order valence-corrected chi connectivity index (χ1v) is 6.83. The second-order valence-electron chi connectivity index (χ2n) is 5.68. The van der Waals surface area contributed by atoms with E-state index in [1.165, 1.54) is 19.3 Å². The van der Waals surface area contributed by atoms with Gasteiger partial charge in [0, 0.05) is 12.6 Å². The van der Waals surface area contributed by atoms with E-state index in [4.69, 9.17) is 5.73 Å². The molecule has 1 aliphatic heterocycles. The molecule has 1 heterocycles. The fraction of sp³-hybridized carbons (Fsp3) is 0.923. The molecule has 3 N–H and O–H groups in total. The number of carbonyl (C=O) groups is 1. The summed E-state index contributed by atoms with van der Waals surface area (Å²) in [6.45, 7) is 4.14. The van der Waals surface area contributed by atoms with Crippen LogP contribution in [0.25, 0.3) is 0 Å². The van der Waals surface area contributed by atoms with Gasteiger partial charge in [-0.25, -0.2) is 0 Å². The molecule has 1 saturated heterocycles. The number of hydrogen-bond acceptors (Lipinski definition) is 3. The molecule has 0 bridgehead atoms. The van der Waals surface area contributed by atoms with Crippen molar-refractivity contribution in [2.75, 3.05) is 20.1 Å². The summed E-state index contributed by atoms with van der Waals surface area (Å²) in [5.74, 6) is 0.263. The average Bonchev–Trinajstić information content (AvgIpc) is 3.12. The molecular formula is C13H25N3O. The number of carbonyl (C=O) groups excluding carboxylic acids is 1. The van der Waals surface area contributed by atoms with Crippen LogP contribution in [0.3, 0.4) is 0 Å². The Morgan fingerprint density at radius 1 is 1.41 bits per heavy atom. The average molecular weight is 239 g/mol. The van der Waals surface area contributed by atoms with E-state index in [1.807, 2.05) is 7.05 Å². The minimum atomic E-state index is -0.494. The Morgan fingerprint density at radius 3 is 2.59 bits per heavy atom. The lowest BCUT2D eigenvalue weighted by molar-refractivity contribution is -0.126. The molecule has 1 amide bonds. The highest BCUT2D eigenvalue weighted by molar-refractivity contribution is 5.86. The summed E-state index contributed by atoms with van der Waals surface area (Å²) in [4.78, 5) is 14.3. The number of primary amides is 1. The van der Waals surface area contributed by atoms with E-state index in [9.17, 15) is 4.79 Å². The summed E-state index contributed by atoms with van der Waals surface area (Å²) in [5.41, 5.74) is 5.16. The molecule has 17 heavy (non-hydrogen) atoms. The second-order valence-corrected chi connectivity index (χ2v) is 5.68. The smallest absolute Gasteiger partial charge is 0.239 e. The molecule has 2 fully saturated rings. The van der Waals surface area contributed by atoms with Gasteiger partial charge in [-0.1, -0.05) is 6.42 Å². The van der Waals surface area contributed by atoms with Crippen molar-refractivity contribution in [1.29, 1.82) is 0 Å². The quantitative estimate of drug-likeness (QED) is 0.743. The Hall–Kier alpha value is -0.610. The Bertz CT molecular complexity index is 290. The van der Waals surface area contributed by atoms with Crippen LogP contribution >= 0.6 is 0 Å². The van der Waals surface area contributed by atoms with Gasteiger partial charge >= 0.3 is 0 Å². The van der Waals surface area contributed by atoms with Crippen molar-refractivity contribution < 1.29 is 4.79 Å². The molecule has 2 unspecified atom stereocenters.